The molecule has 2 bridgehead atoms. The summed E-state index contributed by atoms with van der Waals surface area (Å²) in [6.45, 7) is 0. The Labute approximate surface area is 137 Å². The molecule has 0 saturated heterocycles. The van der Waals surface area contributed by atoms with E-state index in [9.17, 15) is 18.4 Å². The highest BCUT2D eigenvalue weighted by Crippen LogP contribution is 2.60. The van der Waals surface area contributed by atoms with Crippen molar-refractivity contribution in [2.75, 3.05) is 28.4 Å². The van der Waals surface area contributed by atoms with Crippen LogP contribution in [0.5, 0.6) is 0 Å². The quantitative estimate of drug-likeness (QED) is 0.717. The molecule has 1 saturated carbocycles. The average molecular weight is 344 g/mol. The van der Waals surface area contributed by atoms with Crippen LogP contribution in [0.15, 0.2) is 23.8 Å². The van der Waals surface area contributed by atoms with E-state index in [0.29, 0.717) is 6.08 Å². The van der Waals surface area contributed by atoms with Crippen LogP contribution >= 0.6 is 0 Å². The van der Waals surface area contributed by atoms with Gasteiger partial charge in [-0.25, -0.2) is 8.78 Å². The first-order chi connectivity index (χ1) is 11.3. The van der Waals surface area contributed by atoms with Crippen molar-refractivity contribution in [1.29, 1.82) is 0 Å². The zero-order valence-corrected chi connectivity index (χ0v) is 13.7. The summed E-state index contributed by atoms with van der Waals surface area (Å²) in [5.41, 5.74) is 0. The van der Waals surface area contributed by atoms with Gasteiger partial charge in [-0.15, -0.1) is 0 Å². The van der Waals surface area contributed by atoms with Crippen LogP contribution in [0.3, 0.4) is 0 Å². The van der Waals surface area contributed by atoms with Crippen LogP contribution in [-0.4, -0.2) is 51.6 Å². The van der Waals surface area contributed by atoms with Crippen molar-refractivity contribution in [3.63, 3.8) is 0 Å². The highest BCUT2D eigenvalue weighted by Gasteiger charge is 2.72. The first-order valence-electron chi connectivity index (χ1n) is 7.38. The summed E-state index contributed by atoms with van der Waals surface area (Å²) in [6, 6.07) is 0. The SMILES string of the molecule is COC1(OC)C(=O)C2C(F)=CC1[C@@H]1[C@H]2C(F)=CC(=O)C1(OC)OC. The molecule has 0 N–H and O–H groups in total. The van der Waals surface area contributed by atoms with E-state index in [2.05, 4.69) is 0 Å². The molecule has 0 spiro atoms. The van der Waals surface area contributed by atoms with Gasteiger partial charge in [0.25, 0.3) is 0 Å². The van der Waals surface area contributed by atoms with E-state index in [1.165, 1.54) is 28.4 Å². The maximum atomic E-state index is 14.6. The standard InChI is InChI=1S/C16H18F2O6/c1-21-15(22-2)7-5-8(17)12(14(15)20)11-9(18)6-10(19)16(23-3,24-4)13(7)11/h5-7,11-13H,1-4H3/t7?,11-,12?,13+/m0/s1. The van der Waals surface area contributed by atoms with Gasteiger partial charge in [0.1, 0.15) is 11.7 Å². The molecule has 132 valence electrons. The largest absolute Gasteiger partial charge is 0.347 e. The summed E-state index contributed by atoms with van der Waals surface area (Å²) in [5, 5.41) is 0. The molecule has 2 unspecified atom stereocenters. The number of Topliss-reactive ketones (excluding diaryl/α,β-unsaturated/α-hetero) is 1. The van der Waals surface area contributed by atoms with E-state index in [4.69, 9.17) is 18.9 Å². The van der Waals surface area contributed by atoms with Crippen LogP contribution in [0.4, 0.5) is 8.78 Å². The second kappa shape index (κ2) is 5.52. The fourth-order valence-electron chi connectivity index (χ4n) is 4.40. The Hall–Kier alpha value is -1.48. The predicted molar refractivity (Wildman–Crippen MR) is 75.9 cm³/mol. The van der Waals surface area contributed by atoms with Crippen LogP contribution < -0.4 is 0 Å². The minimum absolute atomic E-state index is 0.705. The number of methoxy groups -OCH3 is 4. The van der Waals surface area contributed by atoms with E-state index in [1.54, 1.807) is 0 Å². The van der Waals surface area contributed by atoms with Crippen molar-refractivity contribution in [2.24, 2.45) is 23.7 Å². The van der Waals surface area contributed by atoms with Gasteiger partial charge < -0.3 is 18.9 Å². The smallest absolute Gasteiger partial charge is 0.237 e. The number of rotatable bonds is 4. The van der Waals surface area contributed by atoms with Crippen LogP contribution in [-0.2, 0) is 28.5 Å². The molecule has 4 aliphatic carbocycles. The lowest BCUT2D eigenvalue weighted by atomic mass is 9.53. The molecule has 0 aromatic carbocycles. The van der Waals surface area contributed by atoms with Crippen LogP contribution in [0.1, 0.15) is 0 Å². The Kier molecular flexibility index (Phi) is 3.99. The Morgan fingerprint density at radius 1 is 0.917 bits per heavy atom. The molecule has 0 aromatic heterocycles. The zero-order valence-electron chi connectivity index (χ0n) is 13.7. The average Bonchev–Trinajstić information content (AvgIpc) is 2.57. The lowest BCUT2D eigenvalue weighted by molar-refractivity contribution is -0.299. The molecule has 4 aliphatic rings. The van der Waals surface area contributed by atoms with Gasteiger partial charge in [-0.3, -0.25) is 9.59 Å². The molecule has 4 rings (SSSR count). The van der Waals surface area contributed by atoms with Gasteiger partial charge in [0.15, 0.2) is 0 Å². The predicted octanol–water partition coefficient (Wildman–Crippen LogP) is 1.32. The number of carbonyl (C=O) groups is 2. The van der Waals surface area contributed by atoms with Gasteiger partial charge in [0.05, 0.1) is 11.8 Å². The Bertz CT molecular complexity index is 647. The van der Waals surface area contributed by atoms with Gasteiger partial charge in [0.2, 0.25) is 23.1 Å². The lowest BCUT2D eigenvalue weighted by Gasteiger charge is -2.57. The molecule has 0 aromatic rings. The monoisotopic (exact) mass is 344 g/mol. The second-order valence-corrected chi connectivity index (χ2v) is 6.02. The Morgan fingerprint density at radius 3 is 1.96 bits per heavy atom. The van der Waals surface area contributed by atoms with Crippen molar-refractivity contribution < 1.29 is 37.3 Å². The van der Waals surface area contributed by atoms with Crippen molar-refractivity contribution in [3.05, 3.63) is 23.8 Å². The fraction of sp³-hybridized carbons (Fsp3) is 0.625. The first kappa shape index (κ1) is 17.3. The van der Waals surface area contributed by atoms with Gasteiger partial charge in [-0.1, -0.05) is 0 Å². The Balaban J connectivity index is 2.28. The third-order valence-electron chi connectivity index (χ3n) is 5.42. The maximum absolute atomic E-state index is 14.6. The normalized spacial score (nSPS) is 36.2. The molecule has 8 heteroatoms. The number of ether oxygens (including phenoxy) is 4. The molecule has 0 heterocycles. The highest BCUT2D eigenvalue weighted by molar-refractivity contribution is 6.00. The number of hydrogen-bond donors (Lipinski definition) is 0. The summed E-state index contributed by atoms with van der Waals surface area (Å²) in [7, 11) is 4.95. The number of ketones is 2. The van der Waals surface area contributed by atoms with E-state index in [0.717, 1.165) is 6.08 Å². The molecule has 0 amide bonds. The molecular weight excluding hydrogens is 326 g/mol. The molecule has 4 atom stereocenters. The number of carbonyl (C=O) groups excluding carboxylic acids is 2. The van der Waals surface area contributed by atoms with Gasteiger partial charge in [-0.05, 0) is 6.08 Å². The minimum Gasteiger partial charge on any atom is -0.347 e. The van der Waals surface area contributed by atoms with Crippen molar-refractivity contribution in [2.45, 2.75) is 11.6 Å². The number of allylic oxidation sites excluding steroid dienone is 2. The van der Waals surface area contributed by atoms with Gasteiger partial charge >= 0.3 is 0 Å². The van der Waals surface area contributed by atoms with Gasteiger partial charge in [-0.2, -0.15) is 0 Å². The van der Waals surface area contributed by atoms with E-state index < -0.39 is 58.5 Å². The van der Waals surface area contributed by atoms with Crippen LogP contribution in [0.2, 0.25) is 0 Å². The Morgan fingerprint density at radius 2 is 1.46 bits per heavy atom. The third-order valence-corrected chi connectivity index (χ3v) is 5.42. The van der Waals surface area contributed by atoms with Crippen molar-refractivity contribution in [3.8, 4) is 0 Å². The van der Waals surface area contributed by atoms with Crippen LogP contribution in [0.25, 0.3) is 0 Å². The molecule has 24 heavy (non-hydrogen) atoms. The summed E-state index contributed by atoms with van der Waals surface area (Å²) in [4.78, 5) is 25.2. The third kappa shape index (κ3) is 1.77. The topological polar surface area (TPSA) is 71.1 Å². The maximum Gasteiger partial charge on any atom is 0.237 e. The molecule has 0 aliphatic heterocycles. The molecule has 6 nitrogen and oxygen atoms in total. The van der Waals surface area contributed by atoms with Crippen molar-refractivity contribution >= 4 is 11.6 Å². The van der Waals surface area contributed by atoms with E-state index in [1.807, 2.05) is 0 Å². The summed E-state index contributed by atoms with van der Waals surface area (Å²) in [6.07, 6.45) is 1.84. The molecule has 0 radical (unpaired) electrons. The van der Waals surface area contributed by atoms with E-state index >= 15 is 0 Å². The minimum atomic E-state index is -1.86. The molecular formula is C16H18F2O6. The van der Waals surface area contributed by atoms with Crippen LogP contribution in [0, 0.1) is 23.7 Å². The lowest BCUT2D eigenvalue weighted by Crippen LogP contribution is -2.70. The van der Waals surface area contributed by atoms with Gasteiger partial charge in [0, 0.05) is 46.4 Å². The summed E-state index contributed by atoms with van der Waals surface area (Å²) >= 11 is 0. The zero-order chi connectivity index (χ0) is 17.9. The number of fused-ring (bicyclic) bond motifs is 1. The van der Waals surface area contributed by atoms with E-state index in [-0.39, 0.29) is 0 Å². The first-order valence-corrected chi connectivity index (χ1v) is 7.38. The highest BCUT2D eigenvalue weighted by atomic mass is 19.1. The van der Waals surface area contributed by atoms with Crippen molar-refractivity contribution in [1.82, 2.24) is 0 Å². The fourth-order valence-corrected chi connectivity index (χ4v) is 4.40. The second-order valence-electron chi connectivity index (χ2n) is 6.02. The summed E-state index contributed by atoms with van der Waals surface area (Å²) < 4.78 is 50.1. The number of hydrogen-bond acceptors (Lipinski definition) is 6. The molecule has 1 fully saturated rings. The number of halogens is 2. The summed E-state index contributed by atoms with van der Waals surface area (Å²) in [5.74, 6) is -11.6.